The van der Waals surface area contributed by atoms with Crippen molar-refractivity contribution >= 4 is 5.91 Å². The minimum Gasteiger partial charge on any atom is -0.389 e. The van der Waals surface area contributed by atoms with Gasteiger partial charge in [0, 0.05) is 19.0 Å². The van der Waals surface area contributed by atoms with Gasteiger partial charge in [0.2, 0.25) is 5.91 Å². The zero-order chi connectivity index (χ0) is 16.8. The number of carbonyl (C=O) groups excluding carboxylic acids is 1. The molecule has 4 nitrogen and oxygen atoms in total. The summed E-state index contributed by atoms with van der Waals surface area (Å²) in [6.45, 7) is 5.87. The van der Waals surface area contributed by atoms with Crippen LogP contribution in [0.5, 0.6) is 0 Å². The largest absolute Gasteiger partial charge is 0.389 e. The molecular weight excluding hydrogens is 300 g/mol. The zero-order valence-corrected chi connectivity index (χ0v) is 15.3. The molecule has 4 aliphatic rings. The standard InChI is InChI=1S/C20H34N2O2/c1-16-15-21(14-11-20(16,24)17-7-6-8-17)18(23)19(9-2-3-10-19)22-12-4-5-13-22/h16-17,24H,2-15H2,1H3/t16-,20+/m1/s1. The molecule has 2 saturated heterocycles. The molecule has 24 heavy (non-hydrogen) atoms. The van der Waals surface area contributed by atoms with E-state index in [1.807, 2.05) is 0 Å². The molecule has 2 heterocycles. The Bertz CT molecular complexity index is 478. The highest BCUT2D eigenvalue weighted by Gasteiger charge is 2.52. The van der Waals surface area contributed by atoms with E-state index in [0.717, 1.165) is 45.4 Å². The van der Waals surface area contributed by atoms with Crippen molar-refractivity contribution in [2.75, 3.05) is 26.2 Å². The molecular formula is C20H34N2O2. The Labute approximate surface area is 146 Å². The maximum absolute atomic E-state index is 13.5. The summed E-state index contributed by atoms with van der Waals surface area (Å²) in [7, 11) is 0. The Morgan fingerprint density at radius 2 is 1.62 bits per heavy atom. The summed E-state index contributed by atoms with van der Waals surface area (Å²) in [5.41, 5.74) is -0.729. The third-order valence-corrected chi connectivity index (χ3v) is 7.77. The molecule has 1 amide bonds. The molecule has 4 rings (SSSR count). The highest BCUT2D eigenvalue weighted by molar-refractivity contribution is 5.87. The maximum atomic E-state index is 13.5. The molecule has 4 heteroatoms. The van der Waals surface area contributed by atoms with Crippen LogP contribution < -0.4 is 0 Å². The van der Waals surface area contributed by atoms with Crippen LogP contribution in [0.25, 0.3) is 0 Å². The van der Waals surface area contributed by atoms with Gasteiger partial charge in [0.15, 0.2) is 0 Å². The van der Waals surface area contributed by atoms with Gasteiger partial charge < -0.3 is 10.0 Å². The van der Waals surface area contributed by atoms with Crippen molar-refractivity contribution in [3.8, 4) is 0 Å². The molecule has 0 bridgehead atoms. The number of piperidine rings is 1. The lowest BCUT2D eigenvalue weighted by Gasteiger charge is -2.52. The summed E-state index contributed by atoms with van der Waals surface area (Å²) in [6, 6.07) is 0. The van der Waals surface area contributed by atoms with Gasteiger partial charge in [0.1, 0.15) is 5.54 Å². The second kappa shape index (κ2) is 6.28. The minimum atomic E-state index is -0.522. The quantitative estimate of drug-likeness (QED) is 0.863. The fourth-order valence-electron chi connectivity index (χ4n) is 5.90. The van der Waals surface area contributed by atoms with Crippen molar-refractivity contribution in [2.24, 2.45) is 11.8 Å². The van der Waals surface area contributed by atoms with Gasteiger partial charge >= 0.3 is 0 Å². The molecule has 2 atom stereocenters. The van der Waals surface area contributed by atoms with Crippen molar-refractivity contribution in [3.05, 3.63) is 0 Å². The van der Waals surface area contributed by atoms with E-state index >= 15 is 0 Å². The Hall–Kier alpha value is -0.610. The smallest absolute Gasteiger partial charge is 0.243 e. The van der Waals surface area contributed by atoms with Crippen LogP contribution in [0.1, 0.15) is 71.1 Å². The summed E-state index contributed by atoms with van der Waals surface area (Å²) >= 11 is 0. The van der Waals surface area contributed by atoms with Crippen LogP contribution in [0.2, 0.25) is 0 Å². The molecule has 0 aromatic carbocycles. The molecule has 0 radical (unpaired) electrons. The van der Waals surface area contributed by atoms with E-state index in [1.165, 1.54) is 44.9 Å². The van der Waals surface area contributed by atoms with Gasteiger partial charge in [0.25, 0.3) is 0 Å². The minimum absolute atomic E-state index is 0.206. The highest BCUT2D eigenvalue weighted by Crippen LogP contribution is 2.46. The van der Waals surface area contributed by atoms with Crippen LogP contribution in [0.3, 0.4) is 0 Å². The van der Waals surface area contributed by atoms with Gasteiger partial charge in [-0.15, -0.1) is 0 Å². The van der Waals surface area contributed by atoms with E-state index in [-0.39, 0.29) is 11.5 Å². The second-order valence-electron chi connectivity index (χ2n) is 8.95. The molecule has 1 N–H and O–H groups in total. The predicted molar refractivity (Wildman–Crippen MR) is 94.7 cm³/mol. The van der Waals surface area contributed by atoms with Gasteiger partial charge in [-0.05, 0) is 64.0 Å². The van der Waals surface area contributed by atoms with Gasteiger partial charge in [-0.1, -0.05) is 26.2 Å². The normalized spacial score (nSPS) is 37.6. The second-order valence-corrected chi connectivity index (χ2v) is 8.95. The highest BCUT2D eigenvalue weighted by atomic mass is 16.3. The summed E-state index contributed by atoms with van der Waals surface area (Å²) in [6.07, 6.45) is 11.3. The number of aliphatic hydroxyl groups is 1. The summed E-state index contributed by atoms with van der Waals surface area (Å²) < 4.78 is 0. The van der Waals surface area contributed by atoms with Crippen LogP contribution in [-0.2, 0) is 4.79 Å². The number of nitrogens with zero attached hydrogens (tertiary/aromatic N) is 2. The van der Waals surface area contributed by atoms with Crippen molar-refractivity contribution in [1.82, 2.24) is 9.80 Å². The molecule has 0 unspecified atom stereocenters. The number of hydrogen-bond acceptors (Lipinski definition) is 3. The Kier molecular flexibility index (Phi) is 4.41. The SMILES string of the molecule is C[C@@H]1CN(C(=O)C2(N3CCCC3)CCCC2)CC[C@@]1(O)C1CCC1. The predicted octanol–water partition coefficient (Wildman–Crippen LogP) is 2.79. The first-order valence-corrected chi connectivity index (χ1v) is 10.3. The maximum Gasteiger partial charge on any atom is 0.243 e. The lowest BCUT2D eigenvalue weighted by Crippen LogP contribution is -2.63. The van der Waals surface area contributed by atoms with Crippen LogP contribution in [0.15, 0.2) is 0 Å². The Balaban J connectivity index is 1.48. The van der Waals surface area contributed by atoms with E-state index in [0.29, 0.717) is 11.8 Å². The van der Waals surface area contributed by atoms with Gasteiger partial charge in [0.05, 0.1) is 5.60 Å². The topological polar surface area (TPSA) is 43.8 Å². The average molecular weight is 335 g/mol. The molecule has 2 aliphatic heterocycles. The fourth-order valence-corrected chi connectivity index (χ4v) is 5.90. The zero-order valence-electron chi connectivity index (χ0n) is 15.3. The number of likely N-dealkylation sites (tertiary alicyclic amines) is 2. The van der Waals surface area contributed by atoms with E-state index < -0.39 is 5.60 Å². The first kappa shape index (κ1) is 16.8. The average Bonchev–Trinajstić information content (AvgIpc) is 3.18. The number of carbonyl (C=O) groups is 1. The van der Waals surface area contributed by atoms with E-state index in [2.05, 4.69) is 16.7 Å². The van der Waals surface area contributed by atoms with Crippen molar-refractivity contribution in [2.45, 2.75) is 82.3 Å². The lowest BCUT2D eigenvalue weighted by atomic mass is 9.64. The molecule has 0 aromatic rings. The van der Waals surface area contributed by atoms with E-state index in [1.54, 1.807) is 0 Å². The monoisotopic (exact) mass is 334 g/mol. The van der Waals surface area contributed by atoms with Crippen molar-refractivity contribution < 1.29 is 9.90 Å². The van der Waals surface area contributed by atoms with Crippen LogP contribution in [0.4, 0.5) is 0 Å². The number of rotatable bonds is 3. The van der Waals surface area contributed by atoms with Gasteiger partial charge in [-0.25, -0.2) is 0 Å². The fraction of sp³-hybridized carbons (Fsp3) is 0.950. The van der Waals surface area contributed by atoms with Crippen molar-refractivity contribution in [3.63, 3.8) is 0 Å². The molecule has 136 valence electrons. The van der Waals surface area contributed by atoms with Crippen LogP contribution >= 0.6 is 0 Å². The summed E-state index contributed by atoms with van der Waals surface area (Å²) in [4.78, 5) is 18.1. The molecule has 0 aromatic heterocycles. The Morgan fingerprint density at radius 3 is 2.17 bits per heavy atom. The first-order valence-electron chi connectivity index (χ1n) is 10.3. The number of hydrogen-bond donors (Lipinski definition) is 1. The summed E-state index contributed by atoms with van der Waals surface area (Å²) in [5.74, 6) is 1.06. The third-order valence-electron chi connectivity index (χ3n) is 7.77. The van der Waals surface area contributed by atoms with Crippen LogP contribution in [0, 0.1) is 11.8 Å². The molecule has 4 fully saturated rings. The van der Waals surface area contributed by atoms with E-state index in [9.17, 15) is 9.90 Å². The summed E-state index contributed by atoms with van der Waals surface area (Å²) in [5, 5.41) is 11.2. The van der Waals surface area contributed by atoms with Crippen LogP contribution in [-0.4, -0.2) is 58.1 Å². The lowest BCUT2D eigenvalue weighted by molar-refractivity contribution is -0.160. The molecule has 0 spiro atoms. The molecule has 2 aliphatic carbocycles. The number of amides is 1. The van der Waals surface area contributed by atoms with Gasteiger partial charge in [-0.2, -0.15) is 0 Å². The van der Waals surface area contributed by atoms with Gasteiger partial charge in [-0.3, -0.25) is 9.69 Å². The third kappa shape index (κ3) is 2.52. The first-order chi connectivity index (χ1) is 11.6. The van der Waals surface area contributed by atoms with E-state index in [4.69, 9.17) is 0 Å². The molecule has 2 saturated carbocycles. The van der Waals surface area contributed by atoms with Crippen molar-refractivity contribution in [1.29, 1.82) is 0 Å². The Morgan fingerprint density at radius 1 is 0.958 bits per heavy atom.